The van der Waals surface area contributed by atoms with Crippen molar-refractivity contribution in [3.63, 3.8) is 0 Å². The van der Waals surface area contributed by atoms with Gasteiger partial charge in [0, 0.05) is 11.7 Å². The molecule has 0 heterocycles. The summed E-state index contributed by atoms with van der Waals surface area (Å²) in [5.41, 5.74) is 10.8. The molecule has 1 unspecified atom stereocenters. The summed E-state index contributed by atoms with van der Waals surface area (Å²) in [7, 11) is 0. The van der Waals surface area contributed by atoms with Crippen LogP contribution in [0.5, 0.6) is 0 Å². The molecule has 5 heteroatoms. The van der Waals surface area contributed by atoms with Crippen LogP contribution in [0.1, 0.15) is 18.1 Å². The van der Waals surface area contributed by atoms with Crippen LogP contribution in [-0.4, -0.2) is 6.04 Å². The van der Waals surface area contributed by atoms with E-state index in [1.807, 2.05) is 0 Å². The Morgan fingerprint density at radius 1 is 1.27 bits per heavy atom. The number of hydrogen-bond donors (Lipinski definition) is 2. The molecule has 2 nitrogen and oxygen atoms in total. The molecule has 0 amide bonds. The van der Waals surface area contributed by atoms with E-state index in [0.29, 0.717) is 12.0 Å². The third-order valence-electron chi connectivity index (χ3n) is 1.90. The van der Waals surface area contributed by atoms with Gasteiger partial charge in [0.05, 0.1) is 5.56 Å². The van der Waals surface area contributed by atoms with E-state index in [1.54, 1.807) is 6.92 Å². The van der Waals surface area contributed by atoms with Crippen molar-refractivity contribution in [1.29, 1.82) is 0 Å². The smallest absolute Gasteiger partial charge is 0.399 e. The summed E-state index contributed by atoms with van der Waals surface area (Å²) < 4.78 is 37.2. The second-order valence-corrected chi connectivity index (χ2v) is 3.64. The molecule has 0 aliphatic carbocycles. The Kier molecular flexibility index (Phi) is 3.24. The summed E-state index contributed by atoms with van der Waals surface area (Å²) in [5.74, 6) is 0. The van der Waals surface area contributed by atoms with Crippen LogP contribution in [0.2, 0.25) is 0 Å². The molecule has 0 radical (unpaired) electrons. The number of rotatable bonds is 2. The molecule has 4 N–H and O–H groups in total. The molecule has 1 rings (SSSR count). The van der Waals surface area contributed by atoms with Gasteiger partial charge in [-0.3, -0.25) is 0 Å². The van der Waals surface area contributed by atoms with E-state index in [2.05, 4.69) is 0 Å². The van der Waals surface area contributed by atoms with E-state index < -0.39 is 11.7 Å². The Hall–Kier alpha value is -1.23. The molecular weight excluding hydrogens is 205 g/mol. The van der Waals surface area contributed by atoms with Crippen LogP contribution in [-0.2, 0) is 12.6 Å². The Bertz CT molecular complexity index is 345. The minimum absolute atomic E-state index is 0.112. The summed E-state index contributed by atoms with van der Waals surface area (Å²) in [5, 5.41) is 0. The maximum atomic E-state index is 12.4. The first kappa shape index (κ1) is 11.8. The van der Waals surface area contributed by atoms with Gasteiger partial charge in [-0.15, -0.1) is 0 Å². The lowest BCUT2D eigenvalue weighted by Gasteiger charge is -2.11. The predicted molar refractivity (Wildman–Crippen MR) is 53.2 cm³/mol. The van der Waals surface area contributed by atoms with E-state index in [1.165, 1.54) is 6.07 Å². The Labute approximate surface area is 86.1 Å². The van der Waals surface area contributed by atoms with Crippen molar-refractivity contribution in [3.05, 3.63) is 29.3 Å². The summed E-state index contributed by atoms with van der Waals surface area (Å²) in [4.78, 5) is 0. The quantitative estimate of drug-likeness (QED) is 0.747. The third kappa shape index (κ3) is 3.43. The van der Waals surface area contributed by atoms with Crippen LogP contribution in [0, 0.1) is 0 Å². The van der Waals surface area contributed by atoms with E-state index in [-0.39, 0.29) is 11.7 Å². The van der Waals surface area contributed by atoms with E-state index in [9.17, 15) is 13.2 Å². The first-order valence-corrected chi connectivity index (χ1v) is 4.51. The zero-order valence-electron chi connectivity index (χ0n) is 8.31. The summed E-state index contributed by atoms with van der Waals surface area (Å²) in [6, 6.07) is 3.33. The van der Waals surface area contributed by atoms with Crippen molar-refractivity contribution in [1.82, 2.24) is 0 Å². The Morgan fingerprint density at radius 3 is 2.33 bits per heavy atom. The molecule has 0 aliphatic rings. The average molecular weight is 218 g/mol. The molecule has 1 aromatic carbocycles. The monoisotopic (exact) mass is 218 g/mol. The van der Waals surface area contributed by atoms with Gasteiger partial charge in [-0.1, -0.05) is 0 Å². The Balaban J connectivity index is 3.06. The molecule has 15 heavy (non-hydrogen) atoms. The molecule has 0 spiro atoms. The fourth-order valence-corrected chi connectivity index (χ4v) is 1.37. The van der Waals surface area contributed by atoms with Gasteiger partial charge in [0.15, 0.2) is 0 Å². The lowest BCUT2D eigenvalue weighted by molar-refractivity contribution is -0.137. The van der Waals surface area contributed by atoms with Crippen LogP contribution < -0.4 is 11.5 Å². The average Bonchev–Trinajstić information content (AvgIpc) is 1.99. The third-order valence-corrected chi connectivity index (χ3v) is 1.90. The second kappa shape index (κ2) is 4.10. The molecule has 1 aromatic rings. The molecule has 1 atom stereocenters. The number of hydrogen-bond acceptors (Lipinski definition) is 2. The first-order valence-electron chi connectivity index (χ1n) is 4.51. The maximum absolute atomic E-state index is 12.4. The number of anilines is 1. The van der Waals surface area contributed by atoms with Crippen molar-refractivity contribution >= 4 is 5.69 Å². The highest BCUT2D eigenvalue weighted by molar-refractivity contribution is 5.45. The molecule has 0 bridgehead atoms. The molecular formula is C10H13F3N2. The fraction of sp³-hybridized carbons (Fsp3) is 0.400. The number of benzene rings is 1. The molecule has 0 aromatic heterocycles. The highest BCUT2D eigenvalue weighted by Crippen LogP contribution is 2.31. The van der Waals surface area contributed by atoms with Crippen molar-refractivity contribution < 1.29 is 13.2 Å². The molecule has 84 valence electrons. The van der Waals surface area contributed by atoms with Gasteiger partial charge in [0.1, 0.15) is 0 Å². The van der Waals surface area contributed by atoms with Gasteiger partial charge < -0.3 is 11.5 Å². The largest absolute Gasteiger partial charge is 0.416 e. The van der Waals surface area contributed by atoms with E-state index >= 15 is 0 Å². The minimum Gasteiger partial charge on any atom is -0.399 e. The van der Waals surface area contributed by atoms with Crippen LogP contribution in [0.4, 0.5) is 18.9 Å². The summed E-state index contributed by atoms with van der Waals surface area (Å²) in [6.07, 6.45) is -3.98. The van der Waals surface area contributed by atoms with Gasteiger partial charge in [-0.2, -0.15) is 13.2 Å². The van der Waals surface area contributed by atoms with Gasteiger partial charge in [-0.05, 0) is 37.1 Å². The summed E-state index contributed by atoms with van der Waals surface area (Å²) >= 11 is 0. The standard InChI is InChI=1S/C10H13F3N2/c1-6(14)2-7-3-8(10(11,12)13)5-9(15)4-7/h3-6H,2,14-15H2,1H3. The van der Waals surface area contributed by atoms with Crippen molar-refractivity contribution in [3.8, 4) is 0 Å². The van der Waals surface area contributed by atoms with Gasteiger partial charge >= 0.3 is 6.18 Å². The summed E-state index contributed by atoms with van der Waals surface area (Å²) in [6.45, 7) is 1.73. The zero-order chi connectivity index (χ0) is 11.6. The van der Waals surface area contributed by atoms with Gasteiger partial charge in [0.2, 0.25) is 0 Å². The van der Waals surface area contributed by atoms with E-state index in [0.717, 1.165) is 12.1 Å². The highest BCUT2D eigenvalue weighted by atomic mass is 19.4. The van der Waals surface area contributed by atoms with Crippen molar-refractivity contribution in [2.24, 2.45) is 5.73 Å². The lowest BCUT2D eigenvalue weighted by Crippen LogP contribution is -2.18. The van der Waals surface area contributed by atoms with Gasteiger partial charge in [0.25, 0.3) is 0 Å². The lowest BCUT2D eigenvalue weighted by atomic mass is 10.0. The minimum atomic E-state index is -4.36. The topological polar surface area (TPSA) is 52.0 Å². The van der Waals surface area contributed by atoms with Crippen LogP contribution in [0.25, 0.3) is 0 Å². The van der Waals surface area contributed by atoms with Gasteiger partial charge in [-0.25, -0.2) is 0 Å². The highest BCUT2D eigenvalue weighted by Gasteiger charge is 2.30. The molecule has 0 saturated heterocycles. The predicted octanol–water partition coefficient (Wildman–Crippen LogP) is 2.18. The molecule has 0 fully saturated rings. The SMILES string of the molecule is CC(N)Cc1cc(N)cc(C(F)(F)F)c1. The van der Waals surface area contributed by atoms with E-state index in [4.69, 9.17) is 11.5 Å². The van der Waals surface area contributed by atoms with Crippen LogP contribution >= 0.6 is 0 Å². The number of alkyl halides is 3. The van der Waals surface area contributed by atoms with Crippen LogP contribution in [0.3, 0.4) is 0 Å². The first-order chi connectivity index (χ1) is 6.79. The normalized spacial score (nSPS) is 13.9. The fourth-order valence-electron chi connectivity index (χ4n) is 1.37. The number of nitrogen functional groups attached to an aromatic ring is 1. The Morgan fingerprint density at radius 2 is 1.87 bits per heavy atom. The zero-order valence-corrected chi connectivity index (χ0v) is 8.31. The second-order valence-electron chi connectivity index (χ2n) is 3.64. The van der Waals surface area contributed by atoms with Crippen LogP contribution in [0.15, 0.2) is 18.2 Å². The number of halogens is 3. The van der Waals surface area contributed by atoms with Crippen molar-refractivity contribution in [2.45, 2.75) is 25.6 Å². The van der Waals surface area contributed by atoms with Crippen molar-refractivity contribution in [2.75, 3.05) is 5.73 Å². The maximum Gasteiger partial charge on any atom is 0.416 e. The number of nitrogens with two attached hydrogens (primary N) is 2. The molecule has 0 aliphatic heterocycles. The molecule has 0 saturated carbocycles.